The molecule has 0 saturated carbocycles. The molecule has 5 nitrogen and oxygen atoms in total. The Bertz CT molecular complexity index is 1640. The predicted octanol–water partition coefficient (Wildman–Crippen LogP) is 9.28. The van der Waals surface area contributed by atoms with Gasteiger partial charge in [-0.05, 0) is 73.5 Å². The third-order valence-corrected chi connectivity index (χ3v) is 9.29. The molecule has 0 spiro atoms. The molecule has 0 saturated heterocycles. The van der Waals surface area contributed by atoms with Crippen molar-refractivity contribution in [3.8, 4) is 11.5 Å². The van der Waals surface area contributed by atoms with Crippen molar-refractivity contribution in [2.24, 2.45) is 5.92 Å². The van der Waals surface area contributed by atoms with Crippen molar-refractivity contribution in [3.63, 3.8) is 0 Å². The second-order valence-corrected chi connectivity index (χ2v) is 12.9. The molecular weight excluding hydrogens is 577 g/mol. The largest absolute Gasteiger partial charge is 0.490 e. The first-order chi connectivity index (χ1) is 20.8. The van der Waals surface area contributed by atoms with E-state index in [0.29, 0.717) is 32.9 Å². The number of esters is 1. The van der Waals surface area contributed by atoms with Crippen LogP contribution in [0.25, 0.3) is 0 Å². The summed E-state index contributed by atoms with van der Waals surface area (Å²) in [5.41, 5.74) is 1.68. The Kier molecular flexibility index (Phi) is 9.73. The van der Waals surface area contributed by atoms with Crippen LogP contribution in [0.1, 0.15) is 78.8 Å². The van der Waals surface area contributed by atoms with E-state index in [1.165, 1.54) is 23.5 Å². The minimum absolute atomic E-state index is 0.156. The highest BCUT2D eigenvalue weighted by molar-refractivity contribution is 7.99. The molecule has 0 fully saturated rings. The summed E-state index contributed by atoms with van der Waals surface area (Å²) in [5, 5.41) is 0. The normalized spacial score (nSPS) is 13.0. The number of carbonyl (C=O) groups is 3. The lowest BCUT2D eigenvalue weighted by atomic mass is 9.84. The fourth-order valence-electron chi connectivity index (χ4n) is 4.86. The lowest BCUT2D eigenvalue weighted by molar-refractivity contribution is -0.137. The van der Waals surface area contributed by atoms with E-state index >= 15 is 0 Å². The molecule has 0 bridgehead atoms. The van der Waals surface area contributed by atoms with Crippen LogP contribution >= 0.6 is 23.5 Å². The van der Waals surface area contributed by atoms with E-state index in [1.807, 2.05) is 60.7 Å². The van der Waals surface area contributed by atoms with Gasteiger partial charge in [0.05, 0.1) is 12.0 Å². The van der Waals surface area contributed by atoms with Crippen molar-refractivity contribution in [3.05, 3.63) is 107 Å². The third kappa shape index (κ3) is 6.89. The van der Waals surface area contributed by atoms with Crippen molar-refractivity contribution in [1.29, 1.82) is 0 Å². The Balaban J connectivity index is 1.37. The number of carbonyl (C=O) groups excluding carboxylic acids is 3. The van der Waals surface area contributed by atoms with Crippen LogP contribution in [-0.2, 0) is 4.79 Å². The lowest BCUT2D eigenvalue weighted by Crippen LogP contribution is -2.22. The molecule has 0 heterocycles. The summed E-state index contributed by atoms with van der Waals surface area (Å²) in [5.74, 6) is 0.457. The van der Waals surface area contributed by atoms with E-state index in [1.54, 1.807) is 38.1 Å². The number of benzene rings is 4. The molecule has 220 valence electrons. The van der Waals surface area contributed by atoms with Gasteiger partial charge in [-0.15, -0.1) is 0 Å². The maximum Gasteiger partial charge on any atom is 0.313 e. The standard InChI is InChI=1S/C36H34O5S2/c1-5-9-23(6-2)40-24-14-18-26(19-15-24)42-30-12-7-10-28-32(30)34(37)29-11-8-13-31(33(29)35(28)38)43-27-20-16-25(17-21-27)41-36(39)22(3)4/h7-8,10-23H,5-6,9H2,1-4H3. The fourth-order valence-corrected chi connectivity index (χ4v) is 6.81. The van der Waals surface area contributed by atoms with E-state index in [4.69, 9.17) is 9.47 Å². The summed E-state index contributed by atoms with van der Waals surface area (Å²) in [6.45, 7) is 7.86. The molecule has 0 amide bonds. The first kappa shape index (κ1) is 30.6. The predicted molar refractivity (Wildman–Crippen MR) is 171 cm³/mol. The fraction of sp³-hybridized carbons (Fsp3) is 0.250. The number of ketones is 2. The summed E-state index contributed by atoms with van der Waals surface area (Å²) in [4.78, 5) is 43.0. The van der Waals surface area contributed by atoms with Gasteiger partial charge >= 0.3 is 5.97 Å². The van der Waals surface area contributed by atoms with Gasteiger partial charge in [0.1, 0.15) is 11.5 Å². The molecule has 0 aromatic heterocycles. The van der Waals surface area contributed by atoms with Crippen LogP contribution < -0.4 is 9.47 Å². The first-order valence-corrected chi connectivity index (χ1v) is 16.2. The molecule has 7 heteroatoms. The number of hydrogen-bond donors (Lipinski definition) is 0. The van der Waals surface area contributed by atoms with Gasteiger partial charge < -0.3 is 9.47 Å². The first-order valence-electron chi connectivity index (χ1n) is 14.6. The SMILES string of the molecule is CCCC(CC)Oc1ccc(Sc2cccc3c2C(=O)c2cccc(Sc4ccc(OC(=O)C(C)C)cc4)c2C3=O)cc1. The maximum absolute atomic E-state index is 13.9. The van der Waals surface area contributed by atoms with Crippen molar-refractivity contribution >= 4 is 41.1 Å². The number of fused-ring (bicyclic) bond motifs is 2. The molecule has 1 atom stereocenters. The van der Waals surface area contributed by atoms with Gasteiger partial charge in [0.25, 0.3) is 0 Å². The third-order valence-electron chi connectivity index (χ3n) is 7.16. The zero-order valence-corrected chi connectivity index (χ0v) is 26.3. The highest BCUT2D eigenvalue weighted by Gasteiger charge is 2.33. The van der Waals surface area contributed by atoms with Gasteiger partial charge in [-0.2, -0.15) is 0 Å². The van der Waals surface area contributed by atoms with E-state index in [9.17, 15) is 14.4 Å². The van der Waals surface area contributed by atoms with Crippen LogP contribution in [-0.4, -0.2) is 23.6 Å². The van der Waals surface area contributed by atoms with Gasteiger partial charge in [-0.1, -0.05) is 81.9 Å². The van der Waals surface area contributed by atoms with E-state index in [0.717, 1.165) is 39.7 Å². The topological polar surface area (TPSA) is 69.7 Å². The molecule has 43 heavy (non-hydrogen) atoms. The van der Waals surface area contributed by atoms with Gasteiger partial charge in [0.15, 0.2) is 11.6 Å². The van der Waals surface area contributed by atoms with Crippen LogP contribution in [0.15, 0.2) is 105 Å². The average molecular weight is 611 g/mol. The zero-order valence-electron chi connectivity index (χ0n) is 24.7. The highest BCUT2D eigenvalue weighted by atomic mass is 32.2. The van der Waals surface area contributed by atoms with Crippen molar-refractivity contribution < 1.29 is 23.9 Å². The molecule has 4 aromatic rings. The van der Waals surface area contributed by atoms with Crippen molar-refractivity contribution in [1.82, 2.24) is 0 Å². The number of hydrogen-bond acceptors (Lipinski definition) is 7. The minimum atomic E-state index is -0.295. The average Bonchev–Trinajstić information content (AvgIpc) is 3.01. The van der Waals surface area contributed by atoms with Crippen LogP contribution in [0.3, 0.4) is 0 Å². The molecular formula is C36H34O5S2. The smallest absolute Gasteiger partial charge is 0.313 e. The Labute approximate surface area is 261 Å². The van der Waals surface area contributed by atoms with E-state index in [2.05, 4.69) is 13.8 Å². The van der Waals surface area contributed by atoms with Crippen LogP contribution in [0, 0.1) is 5.92 Å². The Morgan fingerprint density at radius 3 is 1.63 bits per heavy atom. The summed E-state index contributed by atoms with van der Waals surface area (Å²) in [6.07, 6.45) is 3.25. The molecule has 1 aliphatic rings. The van der Waals surface area contributed by atoms with Gasteiger partial charge in [0.2, 0.25) is 0 Å². The minimum Gasteiger partial charge on any atom is -0.490 e. The second-order valence-electron chi connectivity index (χ2n) is 10.7. The van der Waals surface area contributed by atoms with Crippen LogP contribution in [0.2, 0.25) is 0 Å². The van der Waals surface area contributed by atoms with Crippen LogP contribution in [0.4, 0.5) is 0 Å². The Morgan fingerprint density at radius 1 is 0.698 bits per heavy atom. The highest BCUT2D eigenvalue weighted by Crippen LogP contribution is 2.41. The molecule has 4 aromatic carbocycles. The lowest BCUT2D eigenvalue weighted by Gasteiger charge is -2.22. The molecule has 1 aliphatic carbocycles. The summed E-state index contributed by atoms with van der Waals surface area (Å²) in [6, 6.07) is 25.9. The second kappa shape index (κ2) is 13.7. The van der Waals surface area contributed by atoms with E-state index < -0.39 is 0 Å². The Morgan fingerprint density at radius 2 is 1.19 bits per heavy atom. The van der Waals surface area contributed by atoms with Gasteiger partial charge in [-0.3, -0.25) is 14.4 Å². The Hall–Kier alpha value is -3.81. The molecule has 0 aliphatic heterocycles. The number of ether oxygens (including phenoxy) is 2. The maximum atomic E-state index is 13.9. The molecule has 5 rings (SSSR count). The monoisotopic (exact) mass is 610 g/mol. The number of rotatable bonds is 11. The summed E-state index contributed by atoms with van der Waals surface area (Å²) < 4.78 is 11.5. The molecule has 1 unspecified atom stereocenters. The summed E-state index contributed by atoms with van der Waals surface area (Å²) in [7, 11) is 0. The molecule has 0 radical (unpaired) electrons. The zero-order chi connectivity index (χ0) is 30.5. The van der Waals surface area contributed by atoms with E-state index in [-0.39, 0.29) is 29.6 Å². The van der Waals surface area contributed by atoms with Gasteiger partial charge in [0, 0.05) is 41.8 Å². The molecule has 0 N–H and O–H groups in total. The van der Waals surface area contributed by atoms with Crippen molar-refractivity contribution in [2.75, 3.05) is 0 Å². The van der Waals surface area contributed by atoms with Crippen LogP contribution in [0.5, 0.6) is 11.5 Å². The van der Waals surface area contributed by atoms with Crippen molar-refractivity contribution in [2.45, 2.75) is 72.6 Å². The van der Waals surface area contributed by atoms with Gasteiger partial charge in [-0.25, -0.2) is 0 Å². The summed E-state index contributed by atoms with van der Waals surface area (Å²) >= 11 is 2.87. The quantitative estimate of drug-likeness (QED) is 0.109.